The zero-order chi connectivity index (χ0) is 11.5. The molecule has 4 nitrogen and oxygen atoms in total. The fraction of sp³-hybridized carbons (Fsp3) is 0.250. The van der Waals surface area contributed by atoms with E-state index in [1.165, 1.54) is 0 Å². The average molecular weight is 218 g/mol. The number of aromatic nitrogens is 1. The number of aliphatic hydroxyl groups is 1. The maximum absolute atomic E-state index is 12.0. The molecule has 1 aromatic carbocycles. The number of aliphatic hydroxyl groups excluding tert-OH is 1. The van der Waals surface area contributed by atoms with Gasteiger partial charge in [0.2, 0.25) is 0 Å². The summed E-state index contributed by atoms with van der Waals surface area (Å²) >= 11 is 0. The van der Waals surface area contributed by atoms with Crippen molar-refractivity contribution in [3.8, 4) is 0 Å². The minimum atomic E-state index is -0.116. The van der Waals surface area contributed by atoms with Crippen LogP contribution in [0.1, 0.15) is 5.56 Å². The third-order valence-corrected chi connectivity index (χ3v) is 2.62. The Bertz CT molecular complexity index is 560. The molecule has 2 aromatic rings. The van der Waals surface area contributed by atoms with Crippen molar-refractivity contribution in [1.29, 1.82) is 0 Å². The molecule has 0 fully saturated rings. The highest BCUT2D eigenvalue weighted by molar-refractivity contribution is 5.79. The molecule has 0 aliphatic rings. The van der Waals surface area contributed by atoms with Crippen LogP contribution in [0.3, 0.4) is 0 Å². The minimum absolute atomic E-state index is 0.0576. The molecule has 0 spiro atoms. The quantitative estimate of drug-likeness (QED) is 0.786. The van der Waals surface area contributed by atoms with Crippen molar-refractivity contribution in [2.45, 2.75) is 13.1 Å². The first-order valence-corrected chi connectivity index (χ1v) is 5.20. The average Bonchev–Trinajstić information content (AvgIpc) is 2.32. The zero-order valence-electron chi connectivity index (χ0n) is 8.89. The number of pyridine rings is 1. The topological polar surface area (TPSA) is 68.2 Å². The Labute approximate surface area is 92.9 Å². The molecule has 3 N–H and O–H groups in total. The fourth-order valence-electron chi connectivity index (χ4n) is 1.86. The van der Waals surface area contributed by atoms with E-state index in [2.05, 4.69) is 0 Å². The first-order chi connectivity index (χ1) is 7.77. The number of hydrogen-bond acceptors (Lipinski definition) is 3. The lowest BCUT2D eigenvalue weighted by Gasteiger charge is -2.10. The van der Waals surface area contributed by atoms with Crippen LogP contribution < -0.4 is 11.3 Å². The zero-order valence-corrected chi connectivity index (χ0v) is 8.89. The third kappa shape index (κ3) is 1.73. The van der Waals surface area contributed by atoms with E-state index in [0.717, 1.165) is 10.9 Å². The second kappa shape index (κ2) is 4.47. The summed E-state index contributed by atoms with van der Waals surface area (Å²) in [7, 11) is 0. The largest absolute Gasteiger partial charge is 0.395 e. The highest BCUT2D eigenvalue weighted by atomic mass is 16.3. The Kier molecular flexibility index (Phi) is 3.03. The molecule has 0 saturated heterocycles. The van der Waals surface area contributed by atoms with Gasteiger partial charge in [-0.3, -0.25) is 4.79 Å². The highest BCUT2D eigenvalue weighted by Gasteiger charge is 2.06. The normalized spacial score (nSPS) is 10.9. The Morgan fingerprint density at radius 2 is 2.06 bits per heavy atom. The number of benzene rings is 1. The first kappa shape index (κ1) is 10.9. The molecular weight excluding hydrogens is 204 g/mol. The molecule has 1 aromatic heterocycles. The maximum Gasteiger partial charge on any atom is 0.255 e. The Balaban J connectivity index is 2.80. The van der Waals surface area contributed by atoms with Crippen molar-refractivity contribution in [3.05, 3.63) is 46.2 Å². The smallest absolute Gasteiger partial charge is 0.255 e. The van der Waals surface area contributed by atoms with E-state index in [1.807, 2.05) is 30.3 Å². The van der Waals surface area contributed by atoms with Crippen LogP contribution in [-0.4, -0.2) is 16.3 Å². The van der Waals surface area contributed by atoms with Crippen molar-refractivity contribution in [2.75, 3.05) is 6.61 Å². The predicted molar refractivity (Wildman–Crippen MR) is 63.2 cm³/mol. The molecular formula is C12H14N2O2. The second-order valence-corrected chi connectivity index (χ2v) is 3.61. The fourth-order valence-corrected chi connectivity index (χ4v) is 1.86. The number of para-hydroxylation sites is 1. The van der Waals surface area contributed by atoms with E-state index < -0.39 is 0 Å². The molecule has 0 radical (unpaired) electrons. The van der Waals surface area contributed by atoms with E-state index in [9.17, 15) is 4.79 Å². The third-order valence-electron chi connectivity index (χ3n) is 2.62. The van der Waals surface area contributed by atoms with Crippen molar-refractivity contribution < 1.29 is 5.11 Å². The molecule has 0 bridgehead atoms. The van der Waals surface area contributed by atoms with Crippen molar-refractivity contribution in [3.63, 3.8) is 0 Å². The van der Waals surface area contributed by atoms with Crippen LogP contribution in [-0.2, 0) is 13.1 Å². The maximum atomic E-state index is 12.0. The molecule has 0 aliphatic heterocycles. The van der Waals surface area contributed by atoms with E-state index in [-0.39, 0.29) is 18.7 Å². The molecule has 84 valence electrons. The van der Waals surface area contributed by atoms with Gasteiger partial charge in [-0.25, -0.2) is 0 Å². The van der Waals surface area contributed by atoms with E-state index in [1.54, 1.807) is 4.57 Å². The van der Waals surface area contributed by atoms with Crippen LogP contribution in [0.2, 0.25) is 0 Å². The van der Waals surface area contributed by atoms with Gasteiger partial charge in [-0.2, -0.15) is 0 Å². The number of hydrogen-bond donors (Lipinski definition) is 2. The van der Waals surface area contributed by atoms with Gasteiger partial charge in [0.1, 0.15) is 0 Å². The number of fused-ring (bicyclic) bond motifs is 1. The summed E-state index contributed by atoms with van der Waals surface area (Å²) in [6, 6.07) is 9.40. The molecule has 1 heterocycles. The van der Waals surface area contributed by atoms with Gasteiger partial charge in [-0.15, -0.1) is 0 Å². The van der Waals surface area contributed by atoms with Crippen molar-refractivity contribution in [1.82, 2.24) is 4.57 Å². The van der Waals surface area contributed by atoms with Crippen LogP contribution >= 0.6 is 0 Å². The summed E-state index contributed by atoms with van der Waals surface area (Å²) in [6.45, 7) is 0.459. The lowest BCUT2D eigenvalue weighted by atomic mass is 10.1. The summed E-state index contributed by atoms with van der Waals surface area (Å²) in [6.07, 6.45) is 0. The van der Waals surface area contributed by atoms with Gasteiger partial charge >= 0.3 is 0 Å². The summed E-state index contributed by atoms with van der Waals surface area (Å²) in [5.74, 6) is 0. The van der Waals surface area contributed by atoms with Crippen molar-refractivity contribution >= 4 is 10.9 Å². The molecule has 0 aliphatic carbocycles. The van der Waals surface area contributed by atoms with Crippen LogP contribution in [0.25, 0.3) is 10.9 Å². The summed E-state index contributed by atoms with van der Waals surface area (Å²) < 4.78 is 1.57. The molecule has 0 unspecified atom stereocenters. The van der Waals surface area contributed by atoms with Gasteiger partial charge < -0.3 is 15.4 Å². The standard InChI is InChI=1S/C12H14N2O2/c13-8-10-7-9-3-1-2-4-11(9)14(5-6-15)12(10)16/h1-4,7,15H,5-6,8,13H2. The van der Waals surface area contributed by atoms with Crippen LogP contribution in [0.4, 0.5) is 0 Å². The lowest BCUT2D eigenvalue weighted by molar-refractivity contribution is 0.276. The molecule has 2 rings (SSSR count). The predicted octanol–water partition coefficient (Wildman–Crippen LogP) is 0.452. The van der Waals surface area contributed by atoms with Gasteiger partial charge in [0, 0.05) is 18.7 Å². The summed E-state index contributed by atoms with van der Waals surface area (Å²) in [5, 5.41) is 9.94. The van der Waals surface area contributed by atoms with Crippen LogP contribution in [0.5, 0.6) is 0 Å². The molecule has 16 heavy (non-hydrogen) atoms. The van der Waals surface area contributed by atoms with Gasteiger partial charge in [0.15, 0.2) is 0 Å². The Morgan fingerprint density at radius 3 is 2.75 bits per heavy atom. The molecule has 0 atom stereocenters. The number of nitrogens with zero attached hydrogens (tertiary/aromatic N) is 1. The number of rotatable bonds is 3. The molecule has 0 saturated carbocycles. The summed E-state index contributed by atoms with van der Waals surface area (Å²) in [5.41, 5.74) is 6.82. The second-order valence-electron chi connectivity index (χ2n) is 3.61. The van der Waals surface area contributed by atoms with Gasteiger partial charge in [-0.1, -0.05) is 18.2 Å². The van der Waals surface area contributed by atoms with Gasteiger partial charge in [0.25, 0.3) is 5.56 Å². The van der Waals surface area contributed by atoms with Crippen LogP contribution in [0, 0.1) is 0 Å². The van der Waals surface area contributed by atoms with E-state index in [0.29, 0.717) is 12.1 Å². The highest BCUT2D eigenvalue weighted by Crippen LogP contribution is 2.12. The lowest BCUT2D eigenvalue weighted by Crippen LogP contribution is -2.26. The van der Waals surface area contributed by atoms with Crippen LogP contribution in [0.15, 0.2) is 35.1 Å². The SMILES string of the molecule is NCc1cc2ccccc2n(CCO)c1=O. The monoisotopic (exact) mass is 218 g/mol. The van der Waals surface area contributed by atoms with Gasteiger partial charge in [0.05, 0.1) is 12.1 Å². The van der Waals surface area contributed by atoms with Crippen molar-refractivity contribution in [2.24, 2.45) is 5.73 Å². The van der Waals surface area contributed by atoms with E-state index >= 15 is 0 Å². The Hall–Kier alpha value is -1.65. The molecule has 0 amide bonds. The minimum Gasteiger partial charge on any atom is -0.395 e. The van der Waals surface area contributed by atoms with E-state index in [4.69, 9.17) is 10.8 Å². The van der Waals surface area contributed by atoms with Gasteiger partial charge in [-0.05, 0) is 17.5 Å². The number of nitrogens with two attached hydrogens (primary N) is 1. The summed E-state index contributed by atoms with van der Waals surface area (Å²) in [4.78, 5) is 12.0. The molecule has 4 heteroatoms. The Morgan fingerprint density at radius 1 is 1.31 bits per heavy atom. The first-order valence-electron chi connectivity index (χ1n) is 5.20.